The third-order valence-corrected chi connectivity index (χ3v) is 8.67. The van der Waals surface area contributed by atoms with Crippen LogP contribution in [0.4, 0.5) is 0 Å². The van der Waals surface area contributed by atoms with Gasteiger partial charge in [0, 0.05) is 0 Å². The van der Waals surface area contributed by atoms with Gasteiger partial charge in [-0.25, -0.2) is 0 Å². The topological polar surface area (TPSA) is 66.4 Å². The SMILES string of the molecule is CC1=C[Te](=O)[C@@]2([C@@H](O)C(C)C)C(=O)N[C@@H]12. The second-order valence-electron chi connectivity index (χ2n) is 4.55. The summed E-state index contributed by atoms with van der Waals surface area (Å²) in [4.78, 5) is 11.7. The van der Waals surface area contributed by atoms with E-state index in [-0.39, 0.29) is 17.9 Å². The molecule has 3 atom stereocenters. The van der Waals surface area contributed by atoms with Gasteiger partial charge in [-0.2, -0.15) is 0 Å². The molecule has 2 heterocycles. The van der Waals surface area contributed by atoms with E-state index in [1.54, 1.807) is 4.12 Å². The number of rotatable bonds is 2. The van der Waals surface area contributed by atoms with Crippen LogP contribution in [0, 0.1) is 5.92 Å². The molecule has 2 aliphatic heterocycles. The quantitative estimate of drug-likeness (QED) is 0.562. The van der Waals surface area contributed by atoms with E-state index in [4.69, 9.17) is 0 Å². The molecule has 0 aromatic rings. The fourth-order valence-corrected chi connectivity index (χ4v) is 7.73. The van der Waals surface area contributed by atoms with Crippen LogP contribution in [-0.4, -0.2) is 42.7 Å². The average Bonchev–Trinajstić information content (AvgIpc) is 2.32. The first-order valence-corrected chi connectivity index (χ1v) is 8.46. The van der Waals surface area contributed by atoms with Crippen LogP contribution < -0.4 is 5.32 Å². The second kappa shape index (κ2) is 3.38. The van der Waals surface area contributed by atoms with Crippen molar-refractivity contribution in [1.29, 1.82) is 0 Å². The van der Waals surface area contributed by atoms with Crippen molar-refractivity contribution in [1.82, 2.24) is 5.32 Å². The van der Waals surface area contributed by atoms with E-state index in [9.17, 15) is 13.0 Å². The van der Waals surface area contributed by atoms with E-state index in [0.29, 0.717) is 0 Å². The number of amides is 1. The molecule has 2 rings (SSSR count). The van der Waals surface area contributed by atoms with Gasteiger partial charge in [-0.3, -0.25) is 0 Å². The van der Waals surface area contributed by atoms with Gasteiger partial charge in [-0.1, -0.05) is 0 Å². The van der Waals surface area contributed by atoms with Gasteiger partial charge in [0.15, 0.2) is 0 Å². The Hall–Kier alpha value is -0.240. The molecule has 1 fully saturated rings. The van der Waals surface area contributed by atoms with Gasteiger partial charge in [-0.05, 0) is 0 Å². The molecule has 15 heavy (non-hydrogen) atoms. The Morgan fingerprint density at radius 3 is 2.60 bits per heavy atom. The molecule has 0 unspecified atom stereocenters. The summed E-state index contributed by atoms with van der Waals surface area (Å²) in [5, 5.41) is 12.9. The molecule has 2 N–H and O–H groups in total. The van der Waals surface area contributed by atoms with Crippen LogP contribution in [0.25, 0.3) is 0 Å². The summed E-state index contributed by atoms with van der Waals surface area (Å²) in [6.45, 7) is 5.56. The van der Waals surface area contributed by atoms with Crippen molar-refractivity contribution in [3.8, 4) is 0 Å². The van der Waals surface area contributed by atoms with Crippen LogP contribution in [0.2, 0.25) is 3.46 Å². The molecule has 1 saturated heterocycles. The summed E-state index contributed by atoms with van der Waals surface area (Å²) >= 11 is -2.88. The van der Waals surface area contributed by atoms with Gasteiger partial charge >= 0.3 is 95.8 Å². The molecule has 0 saturated carbocycles. The van der Waals surface area contributed by atoms with Crippen LogP contribution in [0.15, 0.2) is 9.70 Å². The Bertz CT molecular complexity index is 377. The first-order chi connectivity index (χ1) is 6.92. The number of aliphatic hydroxyl groups excluding tert-OH is 1. The van der Waals surface area contributed by atoms with Gasteiger partial charge in [0.05, 0.1) is 0 Å². The summed E-state index contributed by atoms with van der Waals surface area (Å²) in [7, 11) is 0. The Morgan fingerprint density at radius 2 is 2.20 bits per heavy atom. The molecular weight excluding hydrogens is 310 g/mol. The van der Waals surface area contributed by atoms with Crippen LogP contribution in [0.3, 0.4) is 0 Å². The maximum atomic E-state index is 12.1. The number of β-lactam (4-membered cyclic amide) rings is 1. The molecule has 0 aromatic heterocycles. The number of carbonyl (C=O) groups is 1. The monoisotopic (exact) mass is 327 g/mol. The average molecular weight is 325 g/mol. The van der Waals surface area contributed by atoms with E-state index < -0.39 is 29.1 Å². The number of hydrogen-bond donors (Lipinski definition) is 2. The summed E-state index contributed by atoms with van der Waals surface area (Å²) in [5.41, 5.74) is 0.945. The first kappa shape index (κ1) is 11.3. The van der Waals surface area contributed by atoms with Crippen molar-refractivity contribution in [2.45, 2.75) is 36.4 Å². The molecule has 2 aliphatic rings. The normalized spacial score (nSPS) is 37.0. The van der Waals surface area contributed by atoms with Crippen molar-refractivity contribution >= 4 is 25.4 Å². The zero-order valence-corrected chi connectivity index (χ0v) is 11.3. The van der Waals surface area contributed by atoms with Gasteiger partial charge in [-0.15, -0.1) is 0 Å². The molecule has 0 aromatic carbocycles. The molecule has 1 amide bonds. The van der Waals surface area contributed by atoms with E-state index >= 15 is 0 Å². The summed E-state index contributed by atoms with van der Waals surface area (Å²) in [6, 6.07) is -0.184. The number of aliphatic hydroxyl groups is 1. The van der Waals surface area contributed by atoms with Crippen molar-refractivity contribution < 1.29 is 13.0 Å². The van der Waals surface area contributed by atoms with Crippen LogP contribution in [-0.2, 0) is 7.90 Å². The molecule has 0 radical (unpaired) electrons. The number of hydrogen-bond acceptors (Lipinski definition) is 3. The second-order valence-corrected chi connectivity index (χ2v) is 8.85. The van der Waals surface area contributed by atoms with Crippen molar-refractivity contribution in [2.24, 2.45) is 5.92 Å². The molecule has 5 heteroatoms. The molecule has 84 valence electrons. The third kappa shape index (κ3) is 1.20. The fraction of sp³-hybridized carbons (Fsp3) is 0.700. The van der Waals surface area contributed by atoms with Crippen LogP contribution >= 0.6 is 0 Å². The number of nitrogens with one attached hydrogen (secondary N) is 1. The van der Waals surface area contributed by atoms with E-state index in [1.165, 1.54) is 0 Å². The molecule has 4 nitrogen and oxygen atoms in total. The van der Waals surface area contributed by atoms with Gasteiger partial charge < -0.3 is 0 Å². The number of fused-ring (bicyclic) bond motifs is 1. The van der Waals surface area contributed by atoms with Gasteiger partial charge in [0.2, 0.25) is 0 Å². The maximum absolute atomic E-state index is 12.1. The minimum atomic E-state index is -2.88. The van der Waals surface area contributed by atoms with E-state index in [1.807, 2.05) is 20.8 Å². The Labute approximate surface area is 95.8 Å². The molecule has 0 bridgehead atoms. The predicted octanol–water partition coefficient (Wildman–Crippen LogP) is 0.163. The van der Waals surface area contributed by atoms with E-state index in [2.05, 4.69) is 5.32 Å². The molecular formula is C10H15NO3Te. The van der Waals surface area contributed by atoms with Crippen LogP contribution in [0.5, 0.6) is 0 Å². The Morgan fingerprint density at radius 1 is 1.60 bits per heavy atom. The summed E-state index contributed by atoms with van der Waals surface area (Å²) < 4.78 is 12.8. The first-order valence-electron chi connectivity index (χ1n) is 5.00. The van der Waals surface area contributed by atoms with Gasteiger partial charge in [0.1, 0.15) is 0 Å². The van der Waals surface area contributed by atoms with Crippen molar-refractivity contribution in [2.75, 3.05) is 0 Å². The zero-order chi connectivity index (χ0) is 11.4. The molecule has 0 aliphatic carbocycles. The fourth-order valence-electron chi connectivity index (χ4n) is 2.32. The van der Waals surface area contributed by atoms with Gasteiger partial charge in [0.25, 0.3) is 0 Å². The Balaban J connectivity index is 2.42. The van der Waals surface area contributed by atoms with Crippen molar-refractivity contribution in [3.63, 3.8) is 0 Å². The summed E-state index contributed by atoms with van der Waals surface area (Å²) in [5.74, 6) is -0.274. The Kier molecular flexibility index (Phi) is 2.53. The van der Waals surface area contributed by atoms with E-state index in [0.717, 1.165) is 5.57 Å². The third-order valence-electron chi connectivity index (χ3n) is 3.21. The van der Waals surface area contributed by atoms with Crippen molar-refractivity contribution in [3.05, 3.63) is 9.70 Å². The molecule has 0 spiro atoms. The number of carbonyl (C=O) groups excluding carboxylic acids is 1. The van der Waals surface area contributed by atoms with Crippen LogP contribution in [0.1, 0.15) is 20.8 Å². The standard InChI is InChI=1S/C10H15NO3Te/c1-5(2)8(12)10-7(11-9(10)13)6(3)4-15(10)14/h4-5,7-8,12H,1-3H3,(H,11,13)/t7-,8-,10-/m0/s1. The minimum absolute atomic E-state index is 0.0461. The summed E-state index contributed by atoms with van der Waals surface area (Å²) in [6.07, 6.45) is -0.793. The zero-order valence-electron chi connectivity index (χ0n) is 8.98. The predicted molar refractivity (Wildman–Crippen MR) is 55.7 cm³/mol.